The van der Waals surface area contributed by atoms with Crippen LogP contribution >= 0.6 is 23.5 Å². The Kier molecular flexibility index (Phi) is 14.4. The summed E-state index contributed by atoms with van der Waals surface area (Å²) in [4.78, 5) is 90.0. The summed E-state index contributed by atoms with van der Waals surface area (Å²) in [5.74, 6) is -3.90. The number of amides is 2. The van der Waals surface area contributed by atoms with Crippen LogP contribution in [-0.2, 0) is 40.5 Å². The first kappa shape index (κ1) is 45.3. The van der Waals surface area contributed by atoms with E-state index in [-0.39, 0.29) is 59.0 Å². The molecule has 2 amide bonds. The van der Waals surface area contributed by atoms with E-state index in [0.717, 1.165) is 18.4 Å². The van der Waals surface area contributed by atoms with Crippen molar-refractivity contribution in [3.8, 4) is 22.8 Å². The van der Waals surface area contributed by atoms with Crippen LogP contribution in [0.3, 0.4) is 0 Å². The minimum Gasteiger partial charge on any atom is -0.448 e. The molecule has 1 saturated heterocycles. The highest BCUT2D eigenvalue weighted by Gasteiger charge is 2.54. The van der Waals surface area contributed by atoms with Gasteiger partial charge in [0.15, 0.2) is 17.6 Å². The Morgan fingerprint density at radius 1 is 0.969 bits per heavy atom. The quantitative estimate of drug-likeness (QED) is 0.0202. The first-order valence-corrected chi connectivity index (χ1v) is 21.5. The van der Waals surface area contributed by atoms with Crippen molar-refractivity contribution in [2.24, 2.45) is 12.2 Å². The fraction of sp³-hybridized carbons (Fsp3) is 0.244. The average Bonchev–Trinajstić information content (AvgIpc) is 3.93. The Balaban J connectivity index is 1.09. The molecule has 65 heavy (non-hydrogen) atoms. The second kappa shape index (κ2) is 20.6. The van der Waals surface area contributed by atoms with E-state index in [9.17, 15) is 28.8 Å². The van der Waals surface area contributed by atoms with Crippen molar-refractivity contribution in [2.75, 3.05) is 30.5 Å². The molecule has 0 saturated carbocycles. The molecule has 3 aromatic carbocycles. The molecule has 22 nitrogen and oxygen atoms in total. The Hall–Kier alpha value is -7.73. The fourth-order valence-electron chi connectivity index (χ4n) is 6.43. The topological polar surface area (TPSA) is 281 Å². The van der Waals surface area contributed by atoms with Crippen LogP contribution in [0.1, 0.15) is 41.4 Å². The number of tetrazole rings is 1. The van der Waals surface area contributed by atoms with Crippen LogP contribution in [0.4, 0.5) is 15.6 Å². The molecular formula is C41H37N9O13S2. The highest BCUT2D eigenvalue weighted by atomic mass is 32.2. The van der Waals surface area contributed by atoms with Crippen molar-refractivity contribution in [3.63, 3.8) is 0 Å². The summed E-state index contributed by atoms with van der Waals surface area (Å²) in [5.41, 5.74) is 6.88. The second-order valence-electron chi connectivity index (χ2n) is 13.4. The molecule has 3 N–H and O–H groups in total. The Morgan fingerprint density at radius 3 is 2.26 bits per heavy atom. The Labute approximate surface area is 376 Å². The number of nitrogen functional groups attached to an aromatic ring is 1. The molecule has 2 atom stereocenters. The maximum atomic E-state index is 14.3. The van der Waals surface area contributed by atoms with Gasteiger partial charge in [-0.1, -0.05) is 77.6 Å². The van der Waals surface area contributed by atoms with Crippen LogP contribution in [0.2, 0.25) is 0 Å². The molecule has 1 fully saturated rings. The third kappa shape index (κ3) is 10.4. The van der Waals surface area contributed by atoms with E-state index in [4.69, 9.17) is 38.7 Å². The molecule has 336 valence electrons. The van der Waals surface area contributed by atoms with E-state index in [0.29, 0.717) is 28.1 Å². The number of oxazole rings is 1. The molecule has 2 aliphatic heterocycles. The highest BCUT2D eigenvalue weighted by Crippen LogP contribution is 2.44. The van der Waals surface area contributed by atoms with Gasteiger partial charge in [-0.15, -0.1) is 16.9 Å². The number of anilines is 1. The normalized spacial score (nSPS) is 15.5. The molecule has 0 aliphatic carbocycles. The minimum absolute atomic E-state index is 0.0287. The number of nitrogens with zero attached hydrogens (tertiary/aromatic N) is 7. The lowest BCUT2D eigenvalue weighted by Crippen LogP contribution is -2.70. The number of rotatable bonds is 16. The Morgan fingerprint density at radius 2 is 1.65 bits per heavy atom. The van der Waals surface area contributed by atoms with Crippen molar-refractivity contribution in [1.82, 2.24) is 35.4 Å². The zero-order valence-electron chi connectivity index (χ0n) is 34.5. The van der Waals surface area contributed by atoms with Crippen molar-refractivity contribution in [3.05, 3.63) is 107 Å². The van der Waals surface area contributed by atoms with E-state index in [2.05, 4.69) is 31.0 Å². The van der Waals surface area contributed by atoms with E-state index >= 15 is 0 Å². The second-order valence-corrected chi connectivity index (χ2v) is 15.4. The van der Waals surface area contributed by atoms with Crippen LogP contribution in [-0.4, -0.2) is 109 Å². The predicted molar refractivity (Wildman–Crippen MR) is 228 cm³/mol. The first-order chi connectivity index (χ1) is 31.5. The zero-order chi connectivity index (χ0) is 46.0. The van der Waals surface area contributed by atoms with E-state index in [1.807, 2.05) is 60.7 Å². The summed E-state index contributed by atoms with van der Waals surface area (Å²) in [5, 5.41) is 17.4. The predicted octanol–water partition coefficient (Wildman–Crippen LogP) is 4.44. The molecule has 5 aromatic rings. The number of carbonyl (C=O) groups excluding carboxylic acids is 6. The summed E-state index contributed by atoms with van der Waals surface area (Å²) in [6.45, 7) is 2.90. The number of oxime groups is 1. The van der Waals surface area contributed by atoms with E-state index in [1.54, 1.807) is 7.05 Å². The minimum atomic E-state index is -1.24. The van der Waals surface area contributed by atoms with Gasteiger partial charge >= 0.3 is 24.2 Å². The number of ether oxygens (including phenoxy) is 5. The van der Waals surface area contributed by atoms with Crippen molar-refractivity contribution in [1.29, 1.82) is 0 Å². The van der Waals surface area contributed by atoms with Crippen LogP contribution < -0.4 is 20.5 Å². The van der Waals surface area contributed by atoms with Crippen LogP contribution in [0.5, 0.6) is 11.5 Å². The van der Waals surface area contributed by atoms with Gasteiger partial charge < -0.3 is 44.0 Å². The standard InChI is InChI=1S/C41H37N9O13S2/c1-4-57-40(55)60-27-17-16-25(29(26-19-59-38(42)44-26)33(27)62-41(56)58-5-2)36(53)63-43-18-28(51)45-30-34(52)50-31(24(20-64-35(30)50)21-65-39-46-47-48-49(39)3)37(54)61-32(22-12-8-6-9-13-22)23-14-10-7-11-15-23/h6-19,30,32,35H,4-5,20-21H2,1-3H3,(H2,42,44)(H,45,51)/t30-,35+/m1/s1. The van der Waals surface area contributed by atoms with Crippen molar-refractivity contribution >= 4 is 71.8 Å². The molecule has 0 unspecified atom stereocenters. The van der Waals surface area contributed by atoms with E-state index in [1.165, 1.54) is 47.0 Å². The lowest BCUT2D eigenvalue weighted by Gasteiger charge is -2.49. The average molecular weight is 928 g/mol. The van der Waals surface area contributed by atoms with Gasteiger partial charge in [0.05, 0.1) is 24.3 Å². The third-order valence-corrected chi connectivity index (χ3v) is 11.7. The number of nitrogens with one attached hydrogen (secondary N) is 1. The number of carbonyl (C=O) groups is 6. The van der Waals surface area contributed by atoms with Crippen LogP contribution in [0, 0.1) is 0 Å². The lowest BCUT2D eigenvalue weighted by molar-refractivity contribution is -0.154. The van der Waals surface area contributed by atoms with Crippen LogP contribution in [0.15, 0.2) is 105 Å². The molecule has 7 rings (SSSR count). The summed E-state index contributed by atoms with van der Waals surface area (Å²) in [6, 6.07) is 19.1. The van der Waals surface area contributed by atoms with Gasteiger partial charge in [-0.05, 0) is 53.1 Å². The monoisotopic (exact) mass is 927 g/mol. The van der Waals surface area contributed by atoms with Gasteiger partial charge in [-0.3, -0.25) is 14.5 Å². The summed E-state index contributed by atoms with van der Waals surface area (Å²) in [6.07, 6.45) is -1.58. The number of β-lactam (4-membered cyclic amide) rings is 1. The number of hydrogen-bond acceptors (Lipinski definition) is 21. The lowest BCUT2D eigenvalue weighted by atomic mass is 10.0. The number of hydrogen-bond donors (Lipinski definition) is 2. The molecule has 0 spiro atoms. The summed E-state index contributed by atoms with van der Waals surface area (Å²) >= 11 is 2.58. The van der Waals surface area contributed by atoms with Gasteiger partial charge in [0, 0.05) is 18.6 Å². The molecule has 4 heterocycles. The van der Waals surface area contributed by atoms with Crippen molar-refractivity contribution < 1.29 is 61.7 Å². The van der Waals surface area contributed by atoms with Gasteiger partial charge in [-0.25, -0.2) is 23.9 Å². The SMILES string of the molecule is CCOC(=O)Oc1ccc(C(=O)ON=CC(=O)N[C@@H]2C(=O)N3C(C(=O)OC(c4ccccc4)c4ccccc4)=C(CSc4nnnn4C)CS[C@@H]23)c(-c2coc(N)n2)c1OC(=O)OCC. The summed E-state index contributed by atoms with van der Waals surface area (Å²) in [7, 11) is 1.67. The largest absolute Gasteiger partial charge is 0.513 e. The Bertz CT molecular complexity index is 2620. The molecule has 24 heteroatoms. The number of fused-ring (bicyclic) bond motifs is 1. The maximum absolute atomic E-state index is 14.3. The van der Waals surface area contributed by atoms with Gasteiger partial charge in [0.1, 0.15) is 35.3 Å². The maximum Gasteiger partial charge on any atom is 0.513 e. The number of nitrogens with two attached hydrogens (primary N) is 1. The van der Waals surface area contributed by atoms with E-state index < -0.39 is 59.3 Å². The fourth-order valence-corrected chi connectivity index (χ4v) is 8.76. The molecule has 2 aromatic heterocycles. The van der Waals surface area contributed by atoms with Gasteiger partial charge in [0.2, 0.25) is 5.16 Å². The number of benzene rings is 3. The highest BCUT2D eigenvalue weighted by molar-refractivity contribution is 8.01. The summed E-state index contributed by atoms with van der Waals surface area (Å²) < 4.78 is 33.0. The van der Waals surface area contributed by atoms with Gasteiger partial charge in [0.25, 0.3) is 17.8 Å². The number of thioether (sulfide) groups is 2. The first-order valence-electron chi connectivity index (χ1n) is 19.4. The number of aromatic nitrogens is 5. The zero-order valence-corrected chi connectivity index (χ0v) is 36.1. The molecule has 2 aliphatic rings. The third-order valence-electron chi connectivity index (χ3n) is 9.25. The van der Waals surface area contributed by atoms with Crippen molar-refractivity contribution in [2.45, 2.75) is 36.5 Å². The smallest absolute Gasteiger partial charge is 0.448 e. The number of aryl methyl sites for hydroxylation is 1. The number of esters is 1. The molecule has 0 bridgehead atoms. The molecular weight excluding hydrogens is 891 g/mol. The molecule has 0 radical (unpaired) electrons. The van der Waals surface area contributed by atoms with Gasteiger partial charge in [-0.2, -0.15) is 4.98 Å². The van der Waals surface area contributed by atoms with Crippen LogP contribution in [0.25, 0.3) is 11.3 Å².